The molecule has 0 bridgehead atoms. The van der Waals surface area contributed by atoms with Crippen molar-refractivity contribution in [1.29, 1.82) is 0 Å². The first-order valence-electron chi connectivity index (χ1n) is 4.98. The summed E-state index contributed by atoms with van der Waals surface area (Å²) in [5, 5.41) is 3.09. The van der Waals surface area contributed by atoms with E-state index < -0.39 is 6.17 Å². The zero-order chi connectivity index (χ0) is 11.5. The van der Waals surface area contributed by atoms with Crippen molar-refractivity contribution in [3.63, 3.8) is 0 Å². The molecular formula is C11H18FN3. The molecule has 0 aliphatic carbocycles. The van der Waals surface area contributed by atoms with Gasteiger partial charge in [0.15, 0.2) is 0 Å². The second kappa shape index (κ2) is 4.57. The summed E-state index contributed by atoms with van der Waals surface area (Å²) in [6.45, 7) is 6.23. The van der Waals surface area contributed by atoms with E-state index in [2.05, 4.69) is 10.3 Å². The van der Waals surface area contributed by atoms with E-state index in [-0.39, 0.29) is 12.1 Å². The minimum Gasteiger partial charge on any atom is -0.398 e. The SMILES string of the molecule is CC(C)(C)NCC(F)c1cnccc1N. The van der Waals surface area contributed by atoms with Gasteiger partial charge in [0.1, 0.15) is 6.17 Å². The lowest BCUT2D eigenvalue weighted by atomic mass is 10.1. The van der Waals surface area contributed by atoms with Crippen LogP contribution in [-0.2, 0) is 0 Å². The Morgan fingerprint density at radius 2 is 2.20 bits per heavy atom. The molecule has 0 aliphatic heterocycles. The fraction of sp³-hybridized carbons (Fsp3) is 0.545. The van der Waals surface area contributed by atoms with Gasteiger partial charge < -0.3 is 11.1 Å². The van der Waals surface area contributed by atoms with Gasteiger partial charge in [-0.05, 0) is 26.8 Å². The molecule has 0 saturated carbocycles. The van der Waals surface area contributed by atoms with Gasteiger partial charge >= 0.3 is 0 Å². The molecule has 84 valence electrons. The fourth-order valence-corrected chi connectivity index (χ4v) is 1.18. The summed E-state index contributed by atoms with van der Waals surface area (Å²) in [5.41, 5.74) is 6.46. The van der Waals surface area contributed by atoms with Crippen molar-refractivity contribution in [3.05, 3.63) is 24.0 Å². The average Bonchev–Trinajstić information content (AvgIpc) is 2.14. The summed E-state index contributed by atoms with van der Waals surface area (Å²) in [4.78, 5) is 3.86. The predicted octanol–water partition coefficient (Wildman–Crippen LogP) is 2.06. The lowest BCUT2D eigenvalue weighted by molar-refractivity contribution is 0.292. The Hall–Kier alpha value is -1.16. The molecule has 0 spiro atoms. The molecule has 1 heterocycles. The summed E-state index contributed by atoms with van der Waals surface area (Å²) in [5.74, 6) is 0. The zero-order valence-electron chi connectivity index (χ0n) is 9.42. The van der Waals surface area contributed by atoms with Crippen molar-refractivity contribution < 1.29 is 4.39 Å². The Balaban J connectivity index is 2.62. The number of nitrogens with two attached hydrogens (primary N) is 1. The van der Waals surface area contributed by atoms with Gasteiger partial charge in [0, 0.05) is 35.7 Å². The van der Waals surface area contributed by atoms with Gasteiger partial charge in [0.2, 0.25) is 0 Å². The number of pyridine rings is 1. The molecule has 3 nitrogen and oxygen atoms in total. The van der Waals surface area contributed by atoms with E-state index in [1.165, 1.54) is 6.20 Å². The Morgan fingerprint density at radius 1 is 1.53 bits per heavy atom. The van der Waals surface area contributed by atoms with Gasteiger partial charge in [-0.2, -0.15) is 0 Å². The highest BCUT2D eigenvalue weighted by Gasteiger charge is 2.16. The molecule has 1 atom stereocenters. The molecule has 4 heteroatoms. The third-order valence-corrected chi connectivity index (χ3v) is 2.04. The molecule has 0 radical (unpaired) electrons. The van der Waals surface area contributed by atoms with E-state index in [0.717, 1.165) is 0 Å². The van der Waals surface area contributed by atoms with E-state index in [1.54, 1.807) is 12.3 Å². The van der Waals surface area contributed by atoms with Crippen LogP contribution in [0.1, 0.15) is 32.5 Å². The molecule has 0 aromatic carbocycles. The van der Waals surface area contributed by atoms with Crippen LogP contribution < -0.4 is 11.1 Å². The third-order valence-electron chi connectivity index (χ3n) is 2.04. The number of alkyl halides is 1. The number of nitrogens with one attached hydrogen (secondary N) is 1. The highest BCUT2D eigenvalue weighted by molar-refractivity contribution is 5.45. The van der Waals surface area contributed by atoms with Gasteiger partial charge in [-0.25, -0.2) is 4.39 Å². The van der Waals surface area contributed by atoms with Gasteiger partial charge in [-0.3, -0.25) is 4.98 Å². The highest BCUT2D eigenvalue weighted by atomic mass is 19.1. The van der Waals surface area contributed by atoms with Crippen LogP contribution >= 0.6 is 0 Å². The molecule has 0 aliphatic rings. The van der Waals surface area contributed by atoms with Gasteiger partial charge in [0.05, 0.1) is 0 Å². The number of halogens is 1. The molecule has 1 rings (SSSR count). The van der Waals surface area contributed by atoms with Crippen LogP contribution in [0, 0.1) is 0 Å². The molecule has 1 aromatic rings. The Kier molecular flexibility index (Phi) is 3.63. The molecule has 15 heavy (non-hydrogen) atoms. The summed E-state index contributed by atoms with van der Waals surface area (Å²) >= 11 is 0. The average molecular weight is 211 g/mol. The molecule has 3 N–H and O–H groups in total. The largest absolute Gasteiger partial charge is 0.398 e. The van der Waals surface area contributed by atoms with Crippen LogP contribution in [0.2, 0.25) is 0 Å². The van der Waals surface area contributed by atoms with E-state index in [0.29, 0.717) is 11.3 Å². The summed E-state index contributed by atoms with van der Waals surface area (Å²) in [6, 6.07) is 1.61. The van der Waals surface area contributed by atoms with E-state index in [9.17, 15) is 4.39 Å². The standard InChI is InChI=1S/C11H18FN3/c1-11(2,3)15-7-9(12)8-6-14-5-4-10(8)13/h4-6,9,15H,7H2,1-3H3,(H2,13,14). The van der Waals surface area contributed by atoms with Crippen LogP contribution in [-0.4, -0.2) is 17.1 Å². The minimum absolute atomic E-state index is 0.0959. The maximum atomic E-state index is 13.7. The minimum atomic E-state index is -1.11. The molecule has 0 saturated heterocycles. The maximum Gasteiger partial charge on any atom is 0.141 e. The number of anilines is 1. The topological polar surface area (TPSA) is 50.9 Å². The third kappa shape index (κ3) is 3.83. The first kappa shape index (κ1) is 11.9. The quantitative estimate of drug-likeness (QED) is 0.804. The first-order chi connectivity index (χ1) is 6.90. The van der Waals surface area contributed by atoms with Gasteiger partial charge in [0.25, 0.3) is 0 Å². The number of nitrogen functional groups attached to an aromatic ring is 1. The van der Waals surface area contributed by atoms with Crippen LogP contribution in [0.5, 0.6) is 0 Å². The lowest BCUT2D eigenvalue weighted by Gasteiger charge is -2.22. The maximum absolute atomic E-state index is 13.7. The zero-order valence-corrected chi connectivity index (χ0v) is 9.42. The van der Waals surface area contributed by atoms with Crippen molar-refractivity contribution in [2.75, 3.05) is 12.3 Å². The molecule has 1 aromatic heterocycles. The Labute approximate surface area is 89.9 Å². The van der Waals surface area contributed by atoms with Crippen molar-refractivity contribution in [1.82, 2.24) is 10.3 Å². The molecular weight excluding hydrogens is 193 g/mol. The van der Waals surface area contributed by atoms with Crippen LogP contribution in [0.3, 0.4) is 0 Å². The summed E-state index contributed by atoms with van der Waals surface area (Å²) in [7, 11) is 0. The summed E-state index contributed by atoms with van der Waals surface area (Å²) in [6.07, 6.45) is 1.92. The van der Waals surface area contributed by atoms with Crippen molar-refractivity contribution >= 4 is 5.69 Å². The number of nitrogens with zero attached hydrogens (tertiary/aromatic N) is 1. The Morgan fingerprint density at radius 3 is 2.73 bits per heavy atom. The lowest BCUT2D eigenvalue weighted by Crippen LogP contribution is -2.38. The smallest absolute Gasteiger partial charge is 0.141 e. The second-order valence-corrected chi connectivity index (χ2v) is 4.60. The molecule has 0 amide bonds. The molecule has 1 unspecified atom stereocenters. The van der Waals surface area contributed by atoms with Crippen LogP contribution in [0.4, 0.5) is 10.1 Å². The number of aromatic nitrogens is 1. The summed E-state index contributed by atoms with van der Waals surface area (Å²) < 4.78 is 13.7. The normalized spacial score (nSPS) is 13.9. The van der Waals surface area contributed by atoms with Crippen LogP contribution in [0.25, 0.3) is 0 Å². The van der Waals surface area contributed by atoms with Crippen LogP contribution in [0.15, 0.2) is 18.5 Å². The fourth-order valence-electron chi connectivity index (χ4n) is 1.18. The monoisotopic (exact) mass is 211 g/mol. The second-order valence-electron chi connectivity index (χ2n) is 4.60. The number of hydrogen-bond donors (Lipinski definition) is 2. The molecule has 0 fully saturated rings. The highest BCUT2D eigenvalue weighted by Crippen LogP contribution is 2.22. The van der Waals surface area contributed by atoms with Gasteiger partial charge in [-0.15, -0.1) is 0 Å². The van der Waals surface area contributed by atoms with Gasteiger partial charge in [-0.1, -0.05) is 0 Å². The Bertz CT molecular complexity index is 320. The number of hydrogen-bond acceptors (Lipinski definition) is 3. The first-order valence-corrected chi connectivity index (χ1v) is 4.98. The van der Waals surface area contributed by atoms with Crippen molar-refractivity contribution in [2.45, 2.75) is 32.5 Å². The van der Waals surface area contributed by atoms with Crippen molar-refractivity contribution in [3.8, 4) is 0 Å². The predicted molar refractivity (Wildman–Crippen MR) is 60.3 cm³/mol. The van der Waals surface area contributed by atoms with E-state index in [4.69, 9.17) is 5.73 Å². The van der Waals surface area contributed by atoms with E-state index >= 15 is 0 Å². The van der Waals surface area contributed by atoms with E-state index in [1.807, 2.05) is 20.8 Å². The number of rotatable bonds is 3. The van der Waals surface area contributed by atoms with Crippen molar-refractivity contribution in [2.24, 2.45) is 0 Å².